The Balaban J connectivity index is 0.000000211. The molecule has 0 aliphatic rings. The number of halogens is 4. The highest BCUT2D eigenvalue weighted by atomic mass is 35.5. The number of carboxylic acid groups (broad SMARTS) is 2. The van der Waals surface area contributed by atoms with E-state index in [0.29, 0.717) is 5.52 Å². The summed E-state index contributed by atoms with van der Waals surface area (Å²) in [5.41, 5.74) is 1.66. The van der Waals surface area contributed by atoms with Crippen LogP contribution in [0.1, 0.15) is 0 Å². The largest absolute Gasteiger partial charge is 0.511 e. The van der Waals surface area contributed by atoms with Gasteiger partial charge in [-0.25, -0.2) is 18.4 Å². The molecule has 12 nitrogen and oxygen atoms in total. The van der Waals surface area contributed by atoms with Crippen LogP contribution in [0.4, 0.5) is 18.4 Å². The number of nitrogens with zero attached hydrogens (tertiary/aromatic N) is 2. The third kappa shape index (κ3) is 5.71. The van der Waals surface area contributed by atoms with Crippen LogP contribution in [0.15, 0.2) is 46.2 Å². The number of aromatic nitrogens is 2. The first-order valence-electron chi connectivity index (χ1n) is 10.0. The smallest absolute Gasteiger partial charge is 0.449 e. The van der Waals surface area contributed by atoms with E-state index < -0.39 is 46.3 Å². The van der Waals surface area contributed by atoms with E-state index in [1.54, 1.807) is 0 Å². The number of fused-ring (bicyclic) bond motifs is 2. The third-order valence-corrected chi connectivity index (χ3v) is 5.40. The van der Waals surface area contributed by atoms with E-state index in [4.69, 9.17) is 38.3 Å². The normalized spacial score (nSPS) is 10.5. The van der Waals surface area contributed by atoms with Crippen molar-refractivity contribution in [1.82, 2.24) is 9.41 Å². The summed E-state index contributed by atoms with van der Waals surface area (Å²) in [5.74, 6) is -2.51. The number of rotatable bonds is 4. The summed E-state index contributed by atoms with van der Waals surface area (Å²) in [6, 6.07) is 4.28. The van der Waals surface area contributed by atoms with Gasteiger partial charge in [0.25, 0.3) is 0 Å². The fraction of sp³-hybridized carbons (Fsp3) is 0.0909. The summed E-state index contributed by atoms with van der Waals surface area (Å²) in [4.78, 5) is 49.8. The molecule has 16 heteroatoms. The van der Waals surface area contributed by atoms with Gasteiger partial charge >= 0.3 is 12.3 Å². The molecule has 4 aromatic rings. The van der Waals surface area contributed by atoms with E-state index >= 15 is 0 Å². The lowest BCUT2D eigenvalue weighted by Gasteiger charge is -2.12. The van der Waals surface area contributed by atoms with Crippen LogP contribution in [0.2, 0.25) is 10.0 Å². The van der Waals surface area contributed by atoms with E-state index in [-0.39, 0.29) is 26.3 Å². The Morgan fingerprint density at radius 3 is 1.74 bits per heavy atom. The van der Waals surface area contributed by atoms with Crippen molar-refractivity contribution in [3.05, 3.63) is 78.8 Å². The molecule has 0 aliphatic heterocycles. The molecule has 0 bridgehead atoms. The van der Waals surface area contributed by atoms with Gasteiger partial charge in [0.15, 0.2) is 0 Å². The number of pyridine rings is 2. The van der Waals surface area contributed by atoms with E-state index in [2.05, 4.69) is 14.9 Å². The van der Waals surface area contributed by atoms with Gasteiger partial charge in [-0.1, -0.05) is 23.2 Å². The summed E-state index contributed by atoms with van der Waals surface area (Å²) in [6.45, 7) is 0. The van der Waals surface area contributed by atoms with Crippen LogP contribution in [-0.4, -0.2) is 46.1 Å². The van der Waals surface area contributed by atoms with Crippen LogP contribution in [-0.2, 0) is 0 Å². The highest BCUT2D eigenvalue weighted by Crippen LogP contribution is 2.23. The van der Waals surface area contributed by atoms with Crippen molar-refractivity contribution < 1.29 is 42.9 Å². The predicted molar refractivity (Wildman–Crippen MR) is 131 cm³/mol. The van der Waals surface area contributed by atoms with Gasteiger partial charge in [0.2, 0.25) is 22.4 Å². The zero-order valence-corrected chi connectivity index (χ0v) is 20.6. The summed E-state index contributed by atoms with van der Waals surface area (Å²) in [5, 5.41) is 16.6. The summed E-state index contributed by atoms with van der Waals surface area (Å²) in [7, 11) is 2.82. The second kappa shape index (κ2) is 11.2. The van der Waals surface area contributed by atoms with Crippen LogP contribution in [0.5, 0.6) is 11.5 Å². The maximum absolute atomic E-state index is 13.4. The van der Waals surface area contributed by atoms with E-state index in [0.717, 1.165) is 29.3 Å². The number of hydrogen-bond donors (Lipinski definition) is 3. The minimum absolute atomic E-state index is 0.0463. The molecule has 2 heterocycles. The average Bonchev–Trinajstić information content (AvgIpc) is 2.85. The first kappa shape index (κ1) is 28.0. The Morgan fingerprint density at radius 1 is 0.842 bits per heavy atom. The lowest BCUT2D eigenvalue weighted by Crippen LogP contribution is -2.19. The number of hydrogen-bond acceptors (Lipinski definition) is 8. The van der Waals surface area contributed by atoms with E-state index in [1.807, 2.05) is 0 Å². The first-order valence-corrected chi connectivity index (χ1v) is 10.8. The number of ether oxygens (including phenoxy) is 2. The van der Waals surface area contributed by atoms with Gasteiger partial charge in [0.1, 0.15) is 18.7 Å². The fourth-order valence-corrected chi connectivity index (χ4v) is 3.55. The molecule has 0 aliphatic carbocycles. The fourth-order valence-electron chi connectivity index (χ4n) is 3.23. The molecule has 200 valence electrons. The summed E-state index contributed by atoms with van der Waals surface area (Å²) >= 11 is 11.3. The zero-order valence-electron chi connectivity index (χ0n) is 19.1. The maximum Gasteiger partial charge on any atom is 0.511 e. The Bertz CT molecular complexity index is 1580. The van der Waals surface area contributed by atoms with Crippen LogP contribution in [0.3, 0.4) is 0 Å². The molecule has 0 radical (unpaired) electrons. The van der Waals surface area contributed by atoms with Crippen molar-refractivity contribution in [2.24, 2.45) is 0 Å². The highest BCUT2D eigenvalue weighted by molar-refractivity contribution is 6.31. The lowest BCUT2D eigenvalue weighted by molar-refractivity contribution is 0.139. The number of benzene rings is 2. The molecule has 0 amide bonds. The SMILES string of the molecule is CNn1cc(OC(=O)O)c(=O)c2cc(F)c(Cl)cc21.COn1cc(OC(=O)O)c(=O)c2cc(F)c(Cl)cc21. The van der Waals surface area contributed by atoms with Crippen molar-refractivity contribution in [1.29, 1.82) is 0 Å². The van der Waals surface area contributed by atoms with Crippen molar-refractivity contribution >= 4 is 57.3 Å². The second-order valence-corrected chi connectivity index (χ2v) is 7.86. The van der Waals surface area contributed by atoms with Crippen LogP contribution in [0.25, 0.3) is 21.8 Å². The minimum Gasteiger partial charge on any atom is -0.449 e. The van der Waals surface area contributed by atoms with Gasteiger partial charge < -0.3 is 30.0 Å². The molecule has 38 heavy (non-hydrogen) atoms. The Labute approximate surface area is 219 Å². The molecular formula is C22H15Cl2F2N3O9. The maximum atomic E-state index is 13.4. The van der Waals surface area contributed by atoms with Gasteiger partial charge in [-0.15, -0.1) is 0 Å². The molecule has 0 unspecified atom stereocenters. The Kier molecular flexibility index (Phi) is 8.28. The van der Waals surface area contributed by atoms with Gasteiger partial charge in [-0.3, -0.25) is 14.3 Å². The third-order valence-electron chi connectivity index (χ3n) is 4.82. The number of nitrogens with one attached hydrogen (secondary N) is 1. The van der Waals surface area contributed by atoms with Gasteiger partial charge in [-0.2, -0.15) is 4.73 Å². The Hall–Kier alpha value is -4.56. The van der Waals surface area contributed by atoms with Crippen LogP contribution < -0.4 is 30.6 Å². The molecule has 0 saturated carbocycles. The van der Waals surface area contributed by atoms with Crippen molar-refractivity contribution in [2.45, 2.75) is 0 Å². The first-order chi connectivity index (χ1) is 17.9. The van der Waals surface area contributed by atoms with Crippen molar-refractivity contribution in [3.63, 3.8) is 0 Å². The molecule has 2 aromatic carbocycles. The average molecular weight is 574 g/mol. The quantitative estimate of drug-likeness (QED) is 0.305. The van der Waals surface area contributed by atoms with Crippen LogP contribution >= 0.6 is 23.2 Å². The summed E-state index contributed by atoms with van der Waals surface area (Å²) < 4.78 is 37.8. The molecule has 0 saturated heterocycles. The molecule has 4 rings (SSSR count). The van der Waals surface area contributed by atoms with E-state index in [9.17, 15) is 28.0 Å². The number of carbonyl (C=O) groups is 2. The molecular weight excluding hydrogens is 559 g/mol. The van der Waals surface area contributed by atoms with Gasteiger partial charge in [-0.05, 0) is 24.3 Å². The van der Waals surface area contributed by atoms with E-state index in [1.165, 1.54) is 31.0 Å². The van der Waals surface area contributed by atoms with Crippen molar-refractivity contribution in [3.8, 4) is 11.5 Å². The lowest BCUT2D eigenvalue weighted by atomic mass is 10.2. The molecule has 2 aromatic heterocycles. The molecule has 3 N–H and O–H groups in total. The highest BCUT2D eigenvalue weighted by Gasteiger charge is 2.16. The zero-order chi connectivity index (χ0) is 28.3. The molecule has 0 atom stereocenters. The topological polar surface area (TPSA) is 158 Å². The molecule has 0 fully saturated rings. The Morgan fingerprint density at radius 2 is 1.29 bits per heavy atom. The van der Waals surface area contributed by atoms with Crippen molar-refractivity contribution in [2.75, 3.05) is 19.6 Å². The summed E-state index contributed by atoms with van der Waals surface area (Å²) in [6.07, 6.45) is -1.11. The van der Waals surface area contributed by atoms with Gasteiger partial charge in [0.05, 0.1) is 44.2 Å². The standard InChI is InChI=1S/C11H8ClFN2O4.C11H7ClFNO5/c1-14-15-4-9(19-11(17)18)10(16)5-2-7(13)6(12)3-8(5)15;1-18-14-4-9(19-11(16)17)10(15)5-2-7(13)6(12)3-8(5)14/h2-4,14H,1H3,(H,17,18);2-4H,1H3,(H,16,17). The second-order valence-electron chi connectivity index (χ2n) is 7.05. The molecule has 0 spiro atoms. The minimum atomic E-state index is -1.66. The monoisotopic (exact) mass is 573 g/mol. The van der Waals surface area contributed by atoms with Gasteiger partial charge in [0, 0.05) is 7.05 Å². The predicted octanol–water partition coefficient (Wildman–Crippen LogP) is 3.93. The van der Waals surface area contributed by atoms with Crippen LogP contribution in [0, 0.1) is 11.6 Å².